The largest absolute Gasteiger partial charge is 0.385 e. The molecule has 0 spiro atoms. The van der Waals surface area contributed by atoms with Gasteiger partial charge in [-0.2, -0.15) is 5.26 Å². The summed E-state index contributed by atoms with van der Waals surface area (Å²) in [6.07, 6.45) is -0.878. The van der Waals surface area contributed by atoms with Gasteiger partial charge in [-0.3, -0.25) is 4.98 Å². The molecule has 2 aromatic rings. The van der Waals surface area contributed by atoms with Gasteiger partial charge in [-0.05, 0) is 26.0 Å². The van der Waals surface area contributed by atoms with Crippen molar-refractivity contribution >= 4 is 10.9 Å². The Kier molecular flexibility index (Phi) is 2.83. The van der Waals surface area contributed by atoms with Gasteiger partial charge >= 0.3 is 0 Å². The van der Waals surface area contributed by atoms with Crippen molar-refractivity contribution < 1.29 is 5.11 Å². The molecule has 3 heteroatoms. The van der Waals surface area contributed by atoms with Crippen LogP contribution >= 0.6 is 0 Å². The summed E-state index contributed by atoms with van der Waals surface area (Å²) in [5.74, 6) is 0. The van der Waals surface area contributed by atoms with E-state index in [1.165, 1.54) is 0 Å². The highest BCUT2D eigenvalue weighted by molar-refractivity contribution is 5.78. The van der Waals surface area contributed by atoms with Crippen molar-refractivity contribution in [2.75, 3.05) is 0 Å². The number of aliphatic hydroxyl groups is 1. The predicted molar refractivity (Wildman–Crippen MR) is 66.1 cm³/mol. The minimum Gasteiger partial charge on any atom is -0.385 e. The Bertz CT molecular complexity index is 584. The summed E-state index contributed by atoms with van der Waals surface area (Å²) in [6, 6.07) is 13.5. The third-order valence-electron chi connectivity index (χ3n) is 2.87. The summed E-state index contributed by atoms with van der Waals surface area (Å²) in [5, 5.41) is 20.2. The van der Waals surface area contributed by atoms with Gasteiger partial charge in [-0.15, -0.1) is 0 Å². The first-order valence-corrected chi connectivity index (χ1v) is 5.49. The summed E-state index contributed by atoms with van der Waals surface area (Å²) in [4.78, 5) is 4.39. The summed E-state index contributed by atoms with van der Waals surface area (Å²) in [6.45, 7) is 3.41. The van der Waals surface area contributed by atoms with Crippen LogP contribution in [0, 0.1) is 16.7 Å². The number of fused-ring (bicyclic) bond motifs is 1. The maximum atomic E-state index is 10.1. The zero-order chi connectivity index (χ0) is 12.5. The summed E-state index contributed by atoms with van der Waals surface area (Å²) >= 11 is 0. The zero-order valence-electron chi connectivity index (χ0n) is 9.88. The molecular weight excluding hydrogens is 212 g/mol. The van der Waals surface area contributed by atoms with Gasteiger partial charge in [0, 0.05) is 5.39 Å². The molecule has 1 heterocycles. The SMILES string of the molecule is CC(C)(C#N)C(O)c1ccc2ccccc2n1. The molecule has 0 saturated carbocycles. The first kappa shape index (κ1) is 11.6. The molecule has 0 amide bonds. The molecule has 0 aliphatic heterocycles. The number of aromatic nitrogens is 1. The average Bonchev–Trinajstić information content (AvgIpc) is 2.37. The molecule has 0 saturated heterocycles. The molecule has 0 bridgehead atoms. The van der Waals surface area contributed by atoms with Crippen LogP contribution in [0.3, 0.4) is 0 Å². The quantitative estimate of drug-likeness (QED) is 0.856. The lowest BCUT2D eigenvalue weighted by molar-refractivity contribution is 0.0831. The molecule has 1 atom stereocenters. The second-order valence-corrected chi connectivity index (χ2v) is 4.66. The molecule has 1 aromatic carbocycles. The van der Waals surface area contributed by atoms with Gasteiger partial charge in [0.2, 0.25) is 0 Å². The van der Waals surface area contributed by atoms with Crippen LogP contribution in [0.1, 0.15) is 25.6 Å². The normalized spacial score (nSPS) is 13.3. The minimum absolute atomic E-state index is 0.537. The maximum absolute atomic E-state index is 10.1. The fourth-order valence-electron chi connectivity index (χ4n) is 1.66. The Hall–Kier alpha value is -1.92. The van der Waals surface area contributed by atoms with Crippen LogP contribution in [0.15, 0.2) is 36.4 Å². The van der Waals surface area contributed by atoms with Crippen molar-refractivity contribution in [1.29, 1.82) is 5.26 Å². The molecule has 2 rings (SSSR count). The van der Waals surface area contributed by atoms with E-state index in [2.05, 4.69) is 11.1 Å². The molecule has 17 heavy (non-hydrogen) atoms. The van der Waals surface area contributed by atoms with Crippen LogP contribution < -0.4 is 0 Å². The lowest BCUT2D eigenvalue weighted by Crippen LogP contribution is -2.20. The van der Waals surface area contributed by atoms with Gasteiger partial charge in [0.25, 0.3) is 0 Å². The van der Waals surface area contributed by atoms with Gasteiger partial charge in [0.1, 0.15) is 6.10 Å². The second kappa shape index (κ2) is 4.15. The van der Waals surface area contributed by atoms with Crippen LogP contribution in [-0.2, 0) is 0 Å². The highest BCUT2D eigenvalue weighted by atomic mass is 16.3. The lowest BCUT2D eigenvalue weighted by atomic mass is 9.86. The first-order chi connectivity index (χ1) is 8.04. The van der Waals surface area contributed by atoms with E-state index >= 15 is 0 Å². The van der Waals surface area contributed by atoms with E-state index in [0.29, 0.717) is 5.69 Å². The maximum Gasteiger partial charge on any atom is 0.114 e. The third-order valence-corrected chi connectivity index (χ3v) is 2.87. The van der Waals surface area contributed by atoms with Crippen molar-refractivity contribution in [2.24, 2.45) is 5.41 Å². The van der Waals surface area contributed by atoms with Gasteiger partial charge < -0.3 is 5.11 Å². The monoisotopic (exact) mass is 226 g/mol. The molecule has 3 nitrogen and oxygen atoms in total. The van der Waals surface area contributed by atoms with Gasteiger partial charge in [-0.1, -0.05) is 24.3 Å². The first-order valence-electron chi connectivity index (χ1n) is 5.49. The number of rotatable bonds is 2. The summed E-state index contributed by atoms with van der Waals surface area (Å²) in [5.41, 5.74) is 0.531. The van der Waals surface area contributed by atoms with Gasteiger partial charge in [0.05, 0.1) is 22.7 Å². The topological polar surface area (TPSA) is 56.9 Å². The van der Waals surface area contributed by atoms with E-state index in [-0.39, 0.29) is 0 Å². The van der Waals surface area contributed by atoms with E-state index in [4.69, 9.17) is 5.26 Å². The van der Waals surface area contributed by atoms with Gasteiger partial charge in [0.15, 0.2) is 0 Å². The third kappa shape index (κ3) is 2.13. The molecule has 1 N–H and O–H groups in total. The van der Waals surface area contributed by atoms with Gasteiger partial charge in [-0.25, -0.2) is 0 Å². The van der Waals surface area contributed by atoms with Crippen molar-refractivity contribution in [3.63, 3.8) is 0 Å². The van der Waals surface area contributed by atoms with Crippen LogP contribution in [-0.4, -0.2) is 10.1 Å². The Morgan fingerprint density at radius 1 is 1.24 bits per heavy atom. The molecule has 0 aliphatic carbocycles. The van der Waals surface area contributed by atoms with Crippen molar-refractivity contribution in [3.05, 3.63) is 42.1 Å². The molecular formula is C14H14N2O. The van der Waals surface area contributed by atoms with Crippen LogP contribution in [0.2, 0.25) is 0 Å². The number of pyridine rings is 1. The Labute approximate surface area is 100 Å². The number of benzene rings is 1. The lowest BCUT2D eigenvalue weighted by Gasteiger charge is -2.22. The standard InChI is InChI=1S/C14H14N2O/c1-14(2,9-15)13(17)12-8-7-10-5-3-4-6-11(10)16-12/h3-8,13,17H,1-2H3. The van der Waals surface area contributed by atoms with E-state index in [1.54, 1.807) is 19.9 Å². The van der Waals surface area contributed by atoms with E-state index in [0.717, 1.165) is 10.9 Å². The van der Waals surface area contributed by atoms with E-state index in [9.17, 15) is 5.11 Å². The molecule has 86 valence electrons. The van der Waals surface area contributed by atoms with E-state index < -0.39 is 11.5 Å². The van der Waals surface area contributed by atoms with Crippen molar-refractivity contribution in [1.82, 2.24) is 4.98 Å². The van der Waals surface area contributed by atoms with Crippen LogP contribution in [0.4, 0.5) is 0 Å². The van der Waals surface area contributed by atoms with Crippen molar-refractivity contribution in [3.8, 4) is 6.07 Å². The zero-order valence-corrected chi connectivity index (χ0v) is 9.88. The number of nitrogens with zero attached hydrogens (tertiary/aromatic N) is 2. The Morgan fingerprint density at radius 2 is 1.94 bits per heavy atom. The molecule has 0 aliphatic rings. The number of aliphatic hydroxyl groups excluding tert-OH is 1. The number of hydrogen-bond donors (Lipinski definition) is 1. The highest BCUT2D eigenvalue weighted by Gasteiger charge is 2.30. The molecule has 1 aromatic heterocycles. The summed E-state index contributed by atoms with van der Waals surface area (Å²) in [7, 11) is 0. The molecule has 0 fully saturated rings. The predicted octanol–water partition coefficient (Wildman–Crippen LogP) is 2.82. The molecule has 0 radical (unpaired) electrons. The Balaban J connectivity index is 2.47. The molecule has 1 unspecified atom stereocenters. The average molecular weight is 226 g/mol. The fraction of sp³-hybridized carbons (Fsp3) is 0.286. The summed E-state index contributed by atoms with van der Waals surface area (Å²) < 4.78 is 0. The van der Waals surface area contributed by atoms with E-state index in [1.807, 2.05) is 30.3 Å². The number of hydrogen-bond acceptors (Lipinski definition) is 3. The van der Waals surface area contributed by atoms with Crippen LogP contribution in [0.25, 0.3) is 10.9 Å². The Morgan fingerprint density at radius 3 is 2.65 bits per heavy atom. The number of para-hydroxylation sites is 1. The van der Waals surface area contributed by atoms with Crippen LogP contribution in [0.5, 0.6) is 0 Å². The minimum atomic E-state index is -0.878. The van der Waals surface area contributed by atoms with Crippen molar-refractivity contribution in [2.45, 2.75) is 20.0 Å². The highest BCUT2D eigenvalue weighted by Crippen LogP contribution is 2.32. The number of nitriles is 1. The smallest absolute Gasteiger partial charge is 0.114 e. The fourth-order valence-corrected chi connectivity index (χ4v) is 1.66. The second-order valence-electron chi connectivity index (χ2n) is 4.66.